The molecular weight excluding hydrogens is 401 g/mol. The van der Waals surface area contributed by atoms with Crippen molar-refractivity contribution in [2.24, 2.45) is 5.92 Å². The van der Waals surface area contributed by atoms with Crippen molar-refractivity contribution in [3.63, 3.8) is 0 Å². The van der Waals surface area contributed by atoms with Gasteiger partial charge in [0.05, 0.1) is 0 Å². The lowest BCUT2D eigenvalue weighted by Gasteiger charge is -2.35. The first kappa shape index (κ1) is 24.4. The van der Waals surface area contributed by atoms with Crippen molar-refractivity contribution in [2.75, 3.05) is 0 Å². The van der Waals surface area contributed by atoms with Gasteiger partial charge in [-0.3, -0.25) is 0 Å². The summed E-state index contributed by atoms with van der Waals surface area (Å²) in [6, 6.07) is 0. The Morgan fingerprint density at radius 3 is 1.73 bits per heavy atom. The Labute approximate surface area is 138 Å². The summed E-state index contributed by atoms with van der Waals surface area (Å²) < 4.78 is 145. The lowest BCUT2D eigenvalue weighted by Crippen LogP contribution is -2.61. The molecule has 0 heterocycles. The summed E-state index contributed by atoms with van der Waals surface area (Å²) in [6.45, 7) is 3.61. The molecule has 26 heavy (non-hydrogen) atoms. The van der Waals surface area contributed by atoms with Gasteiger partial charge in [0.2, 0.25) is 6.17 Å². The fourth-order valence-corrected chi connectivity index (χ4v) is 1.46. The third-order valence-corrected chi connectivity index (χ3v) is 2.95. The largest absolute Gasteiger partial charge is 0.421 e. The van der Waals surface area contributed by atoms with Gasteiger partial charge in [-0.05, 0) is 6.92 Å². The Morgan fingerprint density at radius 1 is 1.00 bits per heavy atom. The van der Waals surface area contributed by atoms with E-state index in [2.05, 4.69) is 11.3 Å². The normalized spacial score (nSPS) is 20.1. The third kappa shape index (κ3) is 4.98. The zero-order chi connectivity index (χ0) is 21.2. The molecule has 3 nitrogen and oxygen atoms in total. The molecule has 0 aliphatic rings. The van der Waals surface area contributed by atoms with Crippen LogP contribution in [0.4, 0.5) is 48.3 Å². The smallest absolute Gasteiger partial charge is 0.400 e. The second kappa shape index (κ2) is 7.96. The standard InChI is InChI=1S/C12H11F11O3/c1-3(2)8(24)26-9(17)11(20,25)10(18,19)6(14)5(13)4(7(15)16)12(21,22)23/h4-7,9,25H,1H2,2H3. The molecule has 0 saturated carbocycles. The SMILES string of the molecule is C=C(C)C(=O)OC(F)C(O)(F)C(F)(F)C(F)C(F)C(C(F)F)C(F)(F)F. The van der Waals surface area contributed by atoms with Crippen LogP contribution in [0.2, 0.25) is 0 Å². The first-order valence-corrected chi connectivity index (χ1v) is 6.31. The molecule has 0 fully saturated rings. The summed E-state index contributed by atoms with van der Waals surface area (Å²) in [6.07, 6.45) is -25.3. The van der Waals surface area contributed by atoms with Crippen LogP contribution in [-0.4, -0.2) is 54.2 Å². The van der Waals surface area contributed by atoms with Gasteiger partial charge in [0.15, 0.2) is 6.17 Å². The number of aliphatic hydroxyl groups is 1. The molecule has 0 aliphatic carbocycles. The van der Waals surface area contributed by atoms with Gasteiger partial charge in [-0.15, -0.1) is 0 Å². The number of ether oxygens (including phenoxy) is 1. The van der Waals surface area contributed by atoms with Crippen LogP contribution in [-0.2, 0) is 9.53 Å². The number of rotatable bonds is 8. The first-order valence-electron chi connectivity index (χ1n) is 6.31. The summed E-state index contributed by atoms with van der Waals surface area (Å²) in [4.78, 5) is 10.9. The summed E-state index contributed by atoms with van der Waals surface area (Å²) in [5.74, 6) is -18.8. The Morgan fingerprint density at radius 2 is 1.42 bits per heavy atom. The predicted octanol–water partition coefficient (Wildman–Crippen LogP) is 3.81. The van der Waals surface area contributed by atoms with Crippen LogP contribution >= 0.6 is 0 Å². The van der Waals surface area contributed by atoms with Gasteiger partial charge in [-0.1, -0.05) is 6.58 Å². The molecule has 0 aromatic rings. The van der Waals surface area contributed by atoms with Gasteiger partial charge < -0.3 is 9.84 Å². The molecule has 0 aromatic heterocycles. The molecule has 0 saturated heterocycles. The van der Waals surface area contributed by atoms with Crippen LogP contribution < -0.4 is 0 Å². The fraction of sp³-hybridized carbons (Fsp3) is 0.750. The van der Waals surface area contributed by atoms with E-state index in [4.69, 9.17) is 5.11 Å². The molecule has 0 radical (unpaired) electrons. The lowest BCUT2D eigenvalue weighted by molar-refractivity contribution is -0.346. The summed E-state index contributed by atoms with van der Waals surface area (Å²) in [5, 5.41) is 8.71. The van der Waals surface area contributed by atoms with Crippen molar-refractivity contribution in [1.29, 1.82) is 0 Å². The molecule has 0 rings (SSSR count). The highest BCUT2D eigenvalue weighted by molar-refractivity contribution is 5.87. The zero-order valence-electron chi connectivity index (χ0n) is 12.5. The monoisotopic (exact) mass is 412 g/mol. The fourth-order valence-electron chi connectivity index (χ4n) is 1.46. The molecule has 5 atom stereocenters. The van der Waals surface area contributed by atoms with Gasteiger partial charge >= 0.3 is 30.3 Å². The summed E-state index contributed by atoms with van der Waals surface area (Å²) in [5.41, 5.74) is -0.721. The minimum absolute atomic E-state index is 0.721. The first-order chi connectivity index (χ1) is 11.4. The van der Waals surface area contributed by atoms with Gasteiger partial charge in [0.25, 0.3) is 6.43 Å². The molecule has 0 spiro atoms. The van der Waals surface area contributed by atoms with Crippen molar-refractivity contribution in [1.82, 2.24) is 0 Å². The maximum absolute atomic E-state index is 13.5. The predicted molar refractivity (Wildman–Crippen MR) is 62.1 cm³/mol. The van der Waals surface area contributed by atoms with Gasteiger partial charge in [-0.2, -0.15) is 30.7 Å². The van der Waals surface area contributed by atoms with Crippen molar-refractivity contribution in [3.8, 4) is 0 Å². The topological polar surface area (TPSA) is 46.5 Å². The second-order valence-electron chi connectivity index (χ2n) is 5.05. The second-order valence-corrected chi connectivity index (χ2v) is 5.05. The number of carbonyl (C=O) groups excluding carboxylic acids is 1. The van der Waals surface area contributed by atoms with E-state index in [9.17, 15) is 53.1 Å². The van der Waals surface area contributed by atoms with E-state index in [-0.39, 0.29) is 0 Å². The van der Waals surface area contributed by atoms with E-state index in [0.29, 0.717) is 0 Å². The van der Waals surface area contributed by atoms with Gasteiger partial charge in [-0.25, -0.2) is 22.4 Å². The minimum Gasteiger partial charge on any atom is -0.421 e. The molecule has 0 bridgehead atoms. The van der Waals surface area contributed by atoms with E-state index < -0.39 is 60.5 Å². The molecule has 14 heteroatoms. The zero-order valence-corrected chi connectivity index (χ0v) is 12.5. The Bertz CT molecular complexity index is 517. The molecule has 5 unspecified atom stereocenters. The minimum atomic E-state index is -6.36. The van der Waals surface area contributed by atoms with Crippen molar-refractivity contribution in [3.05, 3.63) is 12.2 Å². The quantitative estimate of drug-likeness (QED) is 0.375. The van der Waals surface area contributed by atoms with Crippen molar-refractivity contribution < 1.29 is 62.9 Å². The molecule has 1 N–H and O–H groups in total. The lowest BCUT2D eigenvalue weighted by atomic mass is 9.92. The highest BCUT2D eigenvalue weighted by atomic mass is 19.4. The number of alkyl halides is 11. The van der Waals surface area contributed by atoms with Crippen LogP contribution in [0.1, 0.15) is 6.92 Å². The van der Waals surface area contributed by atoms with Crippen LogP contribution in [0.5, 0.6) is 0 Å². The van der Waals surface area contributed by atoms with Crippen LogP contribution in [0.25, 0.3) is 0 Å². The maximum Gasteiger partial charge on any atom is 0.400 e. The van der Waals surface area contributed by atoms with E-state index >= 15 is 0 Å². The molecule has 0 aromatic carbocycles. The average molecular weight is 412 g/mol. The van der Waals surface area contributed by atoms with Crippen molar-refractivity contribution >= 4 is 5.97 Å². The van der Waals surface area contributed by atoms with Crippen LogP contribution in [0.3, 0.4) is 0 Å². The third-order valence-electron chi connectivity index (χ3n) is 2.95. The van der Waals surface area contributed by atoms with E-state index in [1.165, 1.54) is 0 Å². The van der Waals surface area contributed by atoms with Gasteiger partial charge in [0.1, 0.15) is 5.92 Å². The summed E-state index contributed by atoms with van der Waals surface area (Å²) in [7, 11) is 0. The molecule has 154 valence electrons. The van der Waals surface area contributed by atoms with Crippen molar-refractivity contribution in [2.45, 2.75) is 50.0 Å². The van der Waals surface area contributed by atoms with Gasteiger partial charge in [0, 0.05) is 5.57 Å². The molecular formula is C12H11F11O3. The number of esters is 1. The number of halogens is 11. The average Bonchev–Trinajstić information content (AvgIpc) is 2.43. The molecule has 0 amide bonds. The van der Waals surface area contributed by atoms with E-state index in [1.807, 2.05) is 0 Å². The van der Waals surface area contributed by atoms with Crippen LogP contribution in [0.15, 0.2) is 12.2 Å². The number of carbonyl (C=O) groups is 1. The highest BCUT2D eigenvalue weighted by Gasteiger charge is 2.70. The Balaban J connectivity index is 5.68. The number of hydrogen-bond acceptors (Lipinski definition) is 3. The van der Waals surface area contributed by atoms with E-state index in [1.54, 1.807) is 0 Å². The Hall–Kier alpha value is -1.60. The Kier molecular flexibility index (Phi) is 7.47. The number of hydrogen-bond donors (Lipinski definition) is 1. The maximum atomic E-state index is 13.5. The van der Waals surface area contributed by atoms with Crippen LogP contribution in [0, 0.1) is 5.92 Å². The summed E-state index contributed by atoms with van der Waals surface area (Å²) >= 11 is 0. The highest BCUT2D eigenvalue weighted by Crippen LogP contribution is 2.45. The molecule has 0 aliphatic heterocycles. The van der Waals surface area contributed by atoms with E-state index in [0.717, 1.165) is 6.92 Å².